The number of carbonyl (C=O) groups excluding carboxylic acids is 1. The maximum atomic E-state index is 12.4. The number of allylic oxidation sites excluding steroid dienone is 2. The van der Waals surface area contributed by atoms with Gasteiger partial charge in [0.1, 0.15) is 6.04 Å². The molecule has 0 saturated carbocycles. The fourth-order valence-electron chi connectivity index (χ4n) is 5.03. The van der Waals surface area contributed by atoms with Crippen LogP contribution in [-0.4, -0.2) is 57.3 Å². The highest BCUT2D eigenvalue weighted by Gasteiger charge is 2.54. The Kier molecular flexibility index (Phi) is 16.6. The molecule has 0 aliphatic rings. The lowest BCUT2D eigenvalue weighted by Crippen LogP contribution is -2.74. The molecule has 2 N–H and O–H groups in total. The zero-order valence-electron chi connectivity index (χ0n) is 21.3. The van der Waals surface area contributed by atoms with Gasteiger partial charge in [0.2, 0.25) is 0 Å². The van der Waals surface area contributed by atoms with Crippen LogP contribution in [0.5, 0.6) is 0 Å². The number of rotatable bonds is 21. The van der Waals surface area contributed by atoms with E-state index in [-0.39, 0.29) is 25.8 Å². The van der Waals surface area contributed by atoms with Crippen molar-refractivity contribution < 1.29 is 34.2 Å². The van der Waals surface area contributed by atoms with E-state index in [2.05, 4.69) is 19.1 Å². The molecule has 0 aliphatic heterocycles. The zero-order chi connectivity index (χ0) is 25.3. The van der Waals surface area contributed by atoms with Crippen LogP contribution in [0.1, 0.15) is 111 Å². The van der Waals surface area contributed by atoms with Crippen molar-refractivity contribution in [2.75, 3.05) is 6.54 Å². The molecule has 3 unspecified atom stereocenters. The number of carboxylic acid groups (broad SMARTS) is 3. The van der Waals surface area contributed by atoms with E-state index in [1.807, 2.05) is 20.8 Å². The van der Waals surface area contributed by atoms with Gasteiger partial charge in [-0.15, -0.1) is 0 Å². The molecule has 0 bridgehead atoms. The van der Waals surface area contributed by atoms with E-state index in [1.165, 1.54) is 12.8 Å². The van der Waals surface area contributed by atoms with Gasteiger partial charge in [0.05, 0.1) is 12.5 Å². The summed E-state index contributed by atoms with van der Waals surface area (Å²) >= 11 is 0. The van der Waals surface area contributed by atoms with Crippen molar-refractivity contribution in [3.8, 4) is 0 Å². The minimum atomic E-state index is -1.35. The van der Waals surface area contributed by atoms with Gasteiger partial charge in [0.25, 0.3) is 0 Å². The molecule has 33 heavy (non-hydrogen) atoms. The van der Waals surface area contributed by atoms with E-state index in [0.29, 0.717) is 25.7 Å². The molecule has 0 heterocycles. The van der Waals surface area contributed by atoms with Gasteiger partial charge in [-0.05, 0) is 44.9 Å². The Hall–Kier alpha value is -1.89. The Bertz CT molecular complexity index is 544. The summed E-state index contributed by atoms with van der Waals surface area (Å²) in [6.07, 6.45) is 13.2. The maximum Gasteiger partial charge on any atom is 0.362 e. The summed E-state index contributed by atoms with van der Waals surface area (Å²) in [5.74, 6) is -3.60. The first kappa shape index (κ1) is 31.1. The van der Waals surface area contributed by atoms with Crippen molar-refractivity contribution >= 4 is 17.9 Å². The van der Waals surface area contributed by atoms with Crippen LogP contribution >= 0.6 is 0 Å². The molecule has 0 aromatic carbocycles. The summed E-state index contributed by atoms with van der Waals surface area (Å²) in [5.41, 5.74) is 0. The number of carboxylic acids is 3. The third kappa shape index (κ3) is 9.86. The Morgan fingerprint density at radius 1 is 0.697 bits per heavy atom. The average Bonchev–Trinajstić information content (AvgIpc) is 2.76. The van der Waals surface area contributed by atoms with Crippen molar-refractivity contribution in [2.24, 2.45) is 0 Å². The van der Waals surface area contributed by atoms with Crippen LogP contribution in [0.3, 0.4) is 0 Å². The van der Waals surface area contributed by atoms with Gasteiger partial charge in [0.15, 0.2) is 12.1 Å². The molecule has 0 saturated heterocycles. The molecule has 0 aliphatic carbocycles. The quantitative estimate of drug-likeness (QED) is 0.145. The second-order valence-electron chi connectivity index (χ2n) is 9.09. The predicted octanol–water partition coefficient (Wildman–Crippen LogP) is 4.54. The second kappa shape index (κ2) is 17.6. The van der Waals surface area contributed by atoms with Crippen molar-refractivity contribution in [3.63, 3.8) is 0 Å². The van der Waals surface area contributed by atoms with Gasteiger partial charge >= 0.3 is 11.9 Å². The number of quaternary nitrogens is 1. The van der Waals surface area contributed by atoms with Crippen molar-refractivity contribution in [2.45, 2.75) is 129 Å². The normalized spacial score (nSPS) is 16.2. The van der Waals surface area contributed by atoms with Crippen LogP contribution in [0, 0.1) is 0 Å². The maximum absolute atomic E-state index is 12.4. The topological polar surface area (TPSA) is 115 Å². The molecule has 0 aromatic heterocycles. The van der Waals surface area contributed by atoms with Crippen molar-refractivity contribution in [1.29, 1.82) is 0 Å². The minimum absolute atomic E-state index is 0.195. The lowest BCUT2D eigenvalue weighted by molar-refractivity contribution is -0.975. The van der Waals surface area contributed by atoms with Crippen molar-refractivity contribution in [3.05, 3.63) is 12.2 Å². The predicted molar refractivity (Wildman–Crippen MR) is 129 cm³/mol. The fourth-order valence-corrected chi connectivity index (χ4v) is 5.03. The first-order valence-corrected chi connectivity index (χ1v) is 12.9. The Balaban J connectivity index is 6.08. The van der Waals surface area contributed by atoms with Gasteiger partial charge in [-0.1, -0.05) is 59.1 Å². The Labute approximate surface area is 200 Å². The van der Waals surface area contributed by atoms with E-state index >= 15 is 0 Å². The molecule has 0 fully saturated rings. The number of carbonyl (C=O) groups is 3. The van der Waals surface area contributed by atoms with E-state index in [0.717, 1.165) is 25.7 Å². The highest BCUT2D eigenvalue weighted by Crippen LogP contribution is 2.34. The summed E-state index contributed by atoms with van der Waals surface area (Å²) in [5, 5.41) is 32.6. The molecule has 7 nitrogen and oxygen atoms in total. The van der Waals surface area contributed by atoms with Gasteiger partial charge in [0, 0.05) is 19.3 Å². The van der Waals surface area contributed by atoms with E-state index < -0.39 is 40.5 Å². The molecule has 0 radical (unpaired) electrons. The van der Waals surface area contributed by atoms with Crippen LogP contribution in [0.15, 0.2) is 12.2 Å². The summed E-state index contributed by atoms with van der Waals surface area (Å²) < 4.78 is -0.456. The van der Waals surface area contributed by atoms with E-state index in [1.54, 1.807) is 0 Å². The molecule has 0 spiro atoms. The van der Waals surface area contributed by atoms with Gasteiger partial charge < -0.3 is 20.1 Å². The molecule has 0 rings (SSSR count). The van der Waals surface area contributed by atoms with Gasteiger partial charge in [-0.25, -0.2) is 9.59 Å². The fraction of sp³-hybridized carbons (Fsp3) is 0.808. The van der Waals surface area contributed by atoms with Gasteiger partial charge in [-0.3, -0.25) is 4.48 Å². The molecule has 3 atom stereocenters. The molecule has 192 valence electrons. The zero-order valence-corrected chi connectivity index (χ0v) is 21.3. The highest BCUT2D eigenvalue weighted by molar-refractivity contribution is 5.77. The molecule has 0 aromatic rings. The first-order chi connectivity index (χ1) is 15.7. The second-order valence-corrected chi connectivity index (χ2v) is 9.09. The monoisotopic (exact) mass is 469 g/mol. The van der Waals surface area contributed by atoms with E-state index in [4.69, 9.17) is 0 Å². The minimum Gasteiger partial charge on any atom is -0.544 e. The third-order valence-corrected chi connectivity index (χ3v) is 6.58. The highest BCUT2D eigenvalue weighted by atomic mass is 16.4. The van der Waals surface area contributed by atoms with Crippen LogP contribution in [0.25, 0.3) is 0 Å². The number of nitrogens with zero attached hydrogens (tertiary/aromatic N) is 1. The lowest BCUT2D eigenvalue weighted by atomic mass is 9.91. The largest absolute Gasteiger partial charge is 0.544 e. The number of hydrogen-bond donors (Lipinski definition) is 2. The number of aliphatic carboxylic acids is 3. The summed E-state index contributed by atoms with van der Waals surface area (Å²) in [6.45, 7) is 7.89. The molecule has 0 amide bonds. The number of unbranched alkanes of at least 4 members (excludes halogenated alkanes) is 5. The van der Waals surface area contributed by atoms with Gasteiger partial charge in [-0.2, -0.15) is 0 Å². The van der Waals surface area contributed by atoms with Crippen molar-refractivity contribution in [1.82, 2.24) is 0 Å². The average molecular weight is 470 g/mol. The van der Waals surface area contributed by atoms with Crippen LogP contribution in [-0.2, 0) is 14.4 Å². The Morgan fingerprint density at radius 2 is 1.12 bits per heavy atom. The van der Waals surface area contributed by atoms with E-state index in [9.17, 15) is 29.7 Å². The molecule has 7 heteroatoms. The summed E-state index contributed by atoms with van der Waals surface area (Å²) in [7, 11) is 0. The third-order valence-electron chi connectivity index (χ3n) is 6.58. The Morgan fingerprint density at radius 3 is 1.48 bits per heavy atom. The first-order valence-electron chi connectivity index (χ1n) is 12.9. The smallest absolute Gasteiger partial charge is 0.362 e. The summed E-state index contributed by atoms with van der Waals surface area (Å²) in [4.78, 5) is 37.2. The lowest BCUT2D eigenvalue weighted by Gasteiger charge is -2.52. The van der Waals surface area contributed by atoms with Crippen LogP contribution in [0.4, 0.5) is 0 Å². The standard InChI is InChI=1S/C26H47NO6/c1-5-9-10-11-12-13-14-15-16-20-27(21(17-6-2)24(28)29,22(18-7-3)25(30)31)23(19-8-4)26(32)33/h12-13,21-23H,5-11,14-20H2,1-4H3,(H2-,28,29,30,31,32,33)/b13-12+. The molecular weight excluding hydrogens is 422 g/mol. The summed E-state index contributed by atoms with van der Waals surface area (Å²) in [6, 6.07) is -3.36. The molecular formula is C26H47NO6. The van der Waals surface area contributed by atoms with Crippen LogP contribution in [0.2, 0.25) is 0 Å². The number of hydrogen-bond acceptors (Lipinski definition) is 4. The van der Waals surface area contributed by atoms with Crippen LogP contribution < -0.4 is 5.11 Å². The SMILES string of the molecule is CCCCC/C=C/CCCC[N+](C(CCC)C(=O)[O-])(C(CCC)C(=O)O)C(CCC)C(=O)O.